The van der Waals surface area contributed by atoms with Gasteiger partial charge in [-0.05, 0) is 56.9 Å². The second-order valence-corrected chi connectivity index (χ2v) is 9.95. The van der Waals surface area contributed by atoms with Gasteiger partial charge in [-0.25, -0.2) is 4.79 Å². The molecule has 0 unspecified atom stereocenters. The van der Waals surface area contributed by atoms with E-state index in [1.165, 1.54) is 0 Å². The normalized spacial score (nSPS) is 16.9. The quantitative estimate of drug-likeness (QED) is 0.702. The van der Waals surface area contributed by atoms with Gasteiger partial charge in [0.25, 0.3) is 0 Å². The van der Waals surface area contributed by atoms with Gasteiger partial charge in [-0.2, -0.15) is 0 Å². The van der Waals surface area contributed by atoms with E-state index in [1.807, 2.05) is 51.2 Å². The molecule has 1 fully saturated rings. The molecule has 2 aliphatic heterocycles. The number of fused-ring (bicyclic) bond motifs is 4. The van der Waals surface area contributed by atoms with Crippen molar-refractivity contribution >= 4 is 6.09 Å². The van der Waals surface area contributed by atoms with Gasteiger partial charge in [0.15, 0.2) is 5.60 Å². The molecule has 1 amide bonds. The SMILES string of the molecule is CC(C)C[C@@H](COc1ccc2c(c1)OC1(COC1)c1cnccc1-2)NC(=O)OC(C)(C)C. The van der Waals surface area contributed by atoms with Gasteiger partial charge >= 0.3 is 6.09 Å². The maximum Gasteiger partial charge on any atom is 0.407 e. The van der Waals surface area contributed by atoms with Gasteiger partial charge < -0.3 is 24.3 Å². The molecule has 7 nitrogen and oxygen atoms in total. The molecule has 0 radical (unpaired) electrons. The smallest absolute Gasteiger partial charge is 0.407 e. The fourth-order valence-corrected chi connectivity index (χ4v) is 4.07. The van der Waals surface area contributed by atoms with Crippen LogP contribution in [0.15, 0.2) is 36.7 Å². The Kier molecular flexibility index (Phi) is 6.03. The van der Waals surface area contributed by atoms with E-state index in [2.05, 4.69) is 24.1 Å². The van der Waals surface area contributed by atoms with Crippen molar-refractivity contribution in [2.75, 3.05) is 19.8 Å². The van der Waals surface area contributed by atoms with Gasteiger partial charge in [0.1, 0.15) is 23.7 Å². The zero-order chi connectivity index (χ0) is 22.9. The summed E-state index contributed by atoms with van der Waals surface area (Å²) in [6, 6.07) is 7.70. The number of ether oxygens (including phenoxy) is 4. The van der Waals surface area contributed by atoms with Gasteiger partial charge in [0, 0.05) is 29.6 Å². The lowest BCUT2D eigenvalue weighted by Gasteiger charge is -2.45. The monoisotopic (exact) mass is 440 g/mol. The molecule has 1 saturated heterocycles. The molecule has 0 bridgehead atoms. The third-order valence-corrected chi connectivity index (χ3v) is 5.46. The highest BCUT2D eigenvalue weighted by Gasteiger charge is 2.47. The Morgan fingerprint density at radius 3 is 2.66 bits per heavy atom. The minimum absolute atomic E-state index is 0.167. The second kappa shape index (κ2) is 8.62. The molecule has 1 aromatic carbocycles. The first-order valence-corrected chi connectivity index (χ1v) is 11.1. The lowest BCUT2D eigenvalue weighted by atomic mass is 9.84. The Bertz CT molecular complexity index is 979. The van der Waals surface area contributed by atoms with Crippen LogP contribution in [-0.4, -0.2) is 42.5 Å². The maximum absolute atomic E-state index is 12.3. The van der Waals surface area contributed by atoms with Crippen LogP contribution in [0.3, 0.4) is 0 Å². The molecule has 0 saturated carbocycles. The Balaban J connectivity index is 1.48. The number of rotatable bonds is 6. The number of pyridine rings is 1. The molecule has 1 aromatic heterocycles. The van der Waals surface area contributed by atoms with Crippen LogP contribution in [0.25, 0.3) is 11.1 Å². The number of alkyl carbamates (subject to hydrolysis) is 1. The van der Waals surface area contributed by atoms with E-state index in [9.17, 15) is 4.79 Å². The van der Waals surface area contributed by atoms with Gasteiger partial charge in [-0.3, -0.25) is 4.98 Å². The van der Waals surface area contributed by atoms with E-state index < -0.39 is 17.3 Å². The molecular weight excluding hydrogens is 408 g/mol. The molecule has 32 heavy (non-hydrogen) atoms. The summed E-state index contributed by atoms with van der Waals surface area (Å²) in [5.74, 6) is 1.86. The first-order valence-electron chi connectivity index (χ1n) is 11.1. The van der Waals surface area contributed by atoms with Crippen LogP contribution in [0.5, 0.6) is 11.5 Å². The summed E-state index contributed by atoms with van der Waals surface area (Å²) in [6.07, 6.45) is 4.01. The minimum Gasteiger partial charge on any atom is -0.491 e. The van der Waals surface area contributed by atoms with Crippen LogP contribution in [-0.2, 0) is 15.1 Å². The highest BCUT2D eigenvalue weighted by molar-refractivity contribution is 5.77. The minimum atomic E-state index is -0.545. The Hall–Kier alpha value is -2.80. The molecule has 172 valence electrons. The predicted molar refractivity (Wildman–Crippen MR) is 121 cm³/mol. The standard InChI is InChI=1S/C25H32N2O5/c1-16(2)10-17(27-23(28)32-24(3,4)5)13-30-18-6-7-20-19-8-9-26-12-21(19)25(14-29-15-25)31-22(20)11-18/h6-9,11-12,16-17H,10,13-15H2,1-5H3,(H,27,28)/t17-/m0/s1. The van der Waals surface area contributed by atoms with Crippen LogP contribution in [0.2, 0.25) is 0 Å². The highest BCUT2D eigenvalue weighted by Crippen LogP contribution is 2.48. The molecule has 1 atom stereocenters. The van der Waals surface area contributed by atoms with E-state index in [0.717, 1.165) is 28.9 Å². The van der Waals surface area contributed by atoms with E-state index in [0.29, 0.717) is 31.5 Å². The van der Waals surface area contributed by atoms with Crippen molar-refractivity contribution in [2.45, 2.75) is 58.3 Å². The zero-order valence-corrected chi connectivity index (χ0v) is 19.4. The van der Waals surface area contributed by atoms with Crippen molar-refractivity contribution in [2.24, 2.45) is 5.92 Å². The number of hydrogen-bond acceptors (Lipinski definition) is 6. The van der Waals surface area contributed by atoms with Crippen LogP contribution in [0.1, 0.15) is 46.6 Å². The molecule has 7 heteroatoms. The summed E-state index contributed by atoms with van der Waals surface area (Å²) in [5.41, 5.74) is 2.16. The van der Waals surface area contributed by atoms with E-state index in [1.54, 1.807) is 6.20 Å². The lowest BCUT2D eigenvalue weighted by molar-refractivity contribution is -0.169. The zero-order valence-electron chi connectivity index (χ0n) is 19.4. The van der Waals surface area contributed by atoms with Gasteiger partial charge in [0.05, 0.1) is 19.3 Å². The summed E-state index contributed by atoms with van der Waals surface area (Å²) in [7, 11) is 0. The van der Waals surface area contributed by atoms with Crippen LogP contribution < -0.4 is 14.8 Å². The average Bonchev–Trinajstić information content (AvgIpc) is 2.68. The topological polar surface area (TPSA) is 78.9 Å². The van der Waals surface area contributed by atoms with Gasteiger partial charge in [-0.15, -0.1) is 0 Å². The number of nitrogens with zero attached hydrogens (tertiary/aromatic N) is 1. The van der Waals surface area contributed by atoms with Crippen molar-refractivity contribution in [3.05, 3.63) is 42.2 Å². The Morgan fingerprint density at radius 1 is 1.22 bits per heavy atom. The highest BCUT2D eigenvalue weighted by atomic mass is 16.6. The van der Waals surface area contributed by atoms with Gasteiger partial charge in [0.2, 0.25) is 0 Å². The maximum atomic E-state index is 12.3. The molecule has 2 aliphatic rings. The molecule has 3 heterocycles. The number of nitrogens with one attached hydrogen (secondary N) is 1. The van der Waals surface area contributed by atoms with Gasteiger partial charge in [-0.1, -0.05) is 13.8 Å². The number of carbonyl (C=O) groups excluding carboxylic acids is 1. The largest absolute Gasteiger partial charge is 0.491 e. The number of aromatic nitrogens is 1. The summed E-state index contributed by atoms with van der Waals surface area (Å²) >= 11 is 0. The fourth-order valence-electron chi connectivity index (χ4n) is 4.07. The molecule has 2 aromatic rings. The van der Waals surface area contributed by atoms with E-state index in [4.69, 9.17) is 18.9 Å². The van der Waals surface area contributed by atoms with Crippen LogP contribution >= 0.6 is 0 Å². The number of benzene rings is 1. The molecule has 4 rings (SSSR count). The summed E-state index contributed by atoms with van der Waals surface area (Å²) in [6.45, 7) is 11.1. The average molecular weight is 441 g/mol. The van der Waals surface area contributed by atoms with Crippen molar-refractivity contribution in [1.29, 1.82) is 0 Å². The Labute approximate surface area is 189 Å². The molecular formula is C25H32N2O5. The third kappa shape index (κ3) is 4.83. The lowest BCUT2D eigenvalue weighted by Crippen LogP contribution is -2.53. The van der Waals surface area contributed by atoms with E-state index >= 15 is 0 Å². The third-order valence-electron chi connectivity index (χ3n) is 5.46. The van der Waals surface area contributed by atoms with Crippen molar-refractivity contribution in [3.63, 3.8) is 0 Å². The van der Waals surface area contributed by atoms with Crippen LogP contribution in [0, 0.1) is 5.92 Å². The van der Waals surface area contributed by atoms with E-state index in [-0.39, 0.29) is 6.04 Å². The Morgan fingerprint density at radius 2 is 2.00 bits per heavy atom. The fraction of sp³-hybridized carbons (Fsp3) is 0.520. The van der Waals surface area contributed by atoms with Crippen molar-refractivity contribution in [1.82, 2.24) is 10.3 Å². The number of hydrogen-bond donors (Lipinski definition) is 1. The number of amides is 1. The first-order chi connectivity index (χ1) is 15.2. The molecule has 1 N–H and O–H groups in total. The van der Waals surface area contributed by atoms with Crippen molar-refractivity contribution < 1.29 is 23.7 Å². The second-order valence-electron chi connectivity index (χ2n) is 9.95. The van der Waals surface area contributed by atoms with Crippen LogP contribution in [0.4, 0.5) is 4.79 Å². The molecule has 1 spiro atoms. The number of carbonyl (C=O) groups is 1. The first kappa shape index (κ1) is 22.4. The summed E-state index contributed by atoms with van der Waals surface area (Å²) < 4.78 is 23.3. The summed E-state index contributed by atoms with van der Waals surface area (Å²) in [4.78, 5) is 16.5. The summed E-state index contributed by atoms with van der Waals surface area (Å²) in [5, 5.41) is 2.94. The predicted octanol–water partition coefficient (Wildman–Crippen LogP) is 4.68. The molecule has 0 aliphatic carbocycles. The van der Waals surface area contributed by atoms with Crippen molar-refractivity contribution in [3.8, 4) is 22.6 Å².